The van der Waals surface area contributed by atoms with E-state index in [-0.39, 0.29) is 30.5 Å². The summed E-state index contributed by atoms with van der Waals surface area (Å²) in [5.41, 5.74) is 1.52. The molecule has 9 heteroatoms. The molecule has 0 aliphatic heterocycles. The maximum atomic E-state index is 13.5. The second kappa shape index (κ2) is 10.2. The van der Waals surface area contributed by atoms with Gasteiger partial charge in [0.05, 0.1) is 12.2 Å². The van der Waals surface area contributed by atoms with Gasteiger partial charge in [-0.2, -0.15) is 13.2 Å². The fourth-order valence-electron chi connectivity index (χ4n) is 3.92. The van der Waals surface area contributed by atoms with Crippen molar-refractivity contribution >= 4 is 17.1 Å². The molecule has 0 amide bonds. The van der Waals surface area contributed by atoms with Crippen LogP contribution in [0.2, 0.25) is 0 Å². The van der Waals surface area contributed by atoms with Crippen LogP contribution < -0.4 is 4.74 Å². The quantitative estimate of drug-likeness (QED) is 0.282. The normalized spacial score (nSPS) is 13.7. The van der Waals surface area contributed by atoms with Crippen LogP contribution in [0.15, 0.2) is 54.7 Å². The predicted molar refractivity (Wildman–Crippen MR) is 121 cm³/mol. The predicted octanol–water partition coefficient (Wildman–Crippen LogP) is 6.48. The molecule has 0 unspecified atom stereocenters. The first-order valence-corrected chi connectivity index (χ1v) is 11.1. The van der Waals surface area contributed by atoms with Crippen molar-refractivity contribution in [1.29, 1.82) is 0 Å². The number of benzene rings is 2. The van der Waals surface area contributed by atoms with Crippen LogP contribution in [-0.4, -0.2) is 22.5 Å². The summed E-state index contributed by atoms with van der Waals surface area (Å²) in [6.45, 7) is 1.92. The second-order valence-electron chi connectivity index (χ2n) is 7.92. The lowest BCUT2D eigenvalue weighted by Gasteiger charge is -2.17. The van der Waals surface area contributed by atoms with Crippen molar-refractivity contribution in [2.75, 3.05) is 6.61 Å². The van der Waals surface area contributed by atoms with E-state index in [9.17, 15) is 22.4 Å². The number of carbonyl (C=O) groups excluding carboxylic acids is 1. The lowest BCUT2D eigenvalue weighted by atomic mass is 9.98. The zero-order valence-electron chi connectivity index (χ0n) is 18.9. The molecule has 2 aromatic carbocycles. The summed E-state index contributed by atoms with van der Waals surface area (Å²) in [5.74, 6) is -0.461. The molecule has 0 bridgehead atoms. The topological polar surface area (TPSA) is 61.3 Å². The van der Waals surface area contributed by atoms with Crippen molar-refractivity contribution in [3.63, 3.8) is 0 Å². The van der Waals surface area contributed by atoms with E-state index in [0.717, 1.165) is 12.1 Å². The molecule has 4 rings (SSSR count). The van der Waals surface area contributed by atoms with Crippen LogP contribution in [-0.2, 0) is 17.5 Å². The minimum atomic E-state index is -4.54. The summed E-state index contributed by atoms with van der Waals surface area (Å²) in [6.07, 6.45) is -1.39. The van der Waals surface area contributed by atoms with E-state index in [1.54, 1.807) is 19.1 Å². The van der Waals surface area contributed by atoms with Crippen molar-refractivity contribution < 1.29 is 31.8 Å². The van der Waals surface area contributed by atoms with Gasteiger partial charge in [0.1, 0.15) is 18.2 Å². The molecular formula is C26H22F4N2O3. The van der Waals surface area contributed by atoms with Gasteiger partial charge in [0.2, 0.25) is 0 Å². The number of rotatable bonds is 7. The first-order chi connectivity index (χ1) is 16.8. The molecule has 3 aromatic rings. The first kappa shape index (κ1) is 24.4. The van der Waals surface area contributed by atoms with Crippen LogP contribution in [0.4, 0.5) is 17.6 Å². The minimum absolute atomic E-state index is 0.0517. The summed E-state index contributed by atoms with van der Waals surface area (Å²) in [6, 6.07) is 10.4. The molecule has 1 heterocycles. The maximum absolute atomic E-state index is 13.5. The number of esters is 1. The molecular weight excluding hydrogens is 464 g/mol. The molecule has 0 atom stereocenters. The maximum Gasteiger partial charge on any atom is 0.416 e. The first-order valence-electron chi connectivity index (χ1n) is 11.1. The van der Waals surface area contributed by atoms with Gasteiger partial charge in [-0.05, 0) is 73.7 Å². The third kappa shape index (κ3) is 5.67. The molecule has 0 radical (unpaired) electrons. The molecule has 35 heavy (non-hydrogen) atoms. The average Bonchev–Trinajstić information content (AvgIpc) is 3.33. The van der Waals surface area contributed by atoms with Crippen molar-refractivity contribution in [1.82, 2.24) is 9.97 Å². The number of hydrogen-bond donors (Lipinski definition) is 0. The van der Waals surface area contributed by atoms with E-state index in [2.05, 4.69) is 9.97 Å². The molecule has 0 N–H and O–H groups in total. The molecule has 1 aromatic heterocycles. The fourth-order valence-corrected chi connectivity index (χ4v) is 3.92. The van der Waals surface area contributed by atoms with Gasteiger partial charge in [0.15, 0.2) is 11.5 Å². The van der Waals surface area contributed by atoms with Gasteiger partial charge >= 0.3 is 12.1 Å². The number of halogens is 4. The van der Waals surface area contributed by atoms with Crippen LogP contribution in [0.25, 0.3) is 11.1 Å². The lowest BCUT2D eigenvalue weighted by Crippen LogP contribution is -2.09. The third-order valence-electron chi connectivity index (χ3n) is 5.57. The van der Waals surface area contributed by atoms with Crippen molar-refractivity contribution in [2.24, 2.45) is 0 Å². The summed E-state index contributed by atoms with van der Waals surface area (Å²) < 4.78 is 64.7. The monoisotopic (exact) mass is 486 g/mol. The molecule has 0 saturated carbocycles. The summed E-state index contributed by atoms with van der Waals surface area (Å²) in [4.78, 5) is 20.7. The highest BCUT2D eigenvalue weighted by molar-refractivity contribution is 5.94. The fraction of sp³-hybridized carbons (Fsp3) is 0.269. The van der Waals surface area contributed by atoms with E-state index in [1.165, 1.54) is 30.5 Å². The number of hydrogen-bond acceptors (Lipinski definition) is 5. The van der Waals surface area contributed by atoms with Crippen LogP contribution >= 0.6 is 0 Å². The Labute approximate surface area is 199 Å². The van der Waals surface area contributed by atoms with E-state index in [0.29, 0.717) is 41.5 Å². The highest BCUT2D eigenvalue weighted by atomic mass is 19.4. The SMILES string of the molecule is CCOC(=O)c1ccnc(C2=C(c3cc(C(F)(F)F)ccc3OCc3ccc(F)cc3)CCC2)n1. The number of nitrogens with zero attached hydrogens (tertiary/aromatic N) is 2. The van der Waals surface area contributed by atoms with Crippen molar-refractivity contribution in [3.8, 4) is 5.75 Å². The van der Waals surface area contributed by atoms with E-state index < -0.39 is 23.5 Å². The molecule has 5 nitrogen and oxygen atoms in total. The Balaban J connectivity index is 1.75. The van der Waals surface area contributed by atoms with Crippen LogP contribution in [0, 0.1) is 5.82 Å². The Bertz CT molecular complexity index is 1250. The Kier molecular flexibility index (Phi) is 7.14. The van der Waals surface area contributed by atoms with Gasteiger partial charge in [0, 0.05) is 17.3 Å². The van der Waals surface area contributed by atoms with Gasteiger partial charge in [-0.15, -0.1) is 0 Å². The minimum Gasteiger partial charge on any atom is -0.488 e. The smallest absolute Gasteiger partial charge is 0.416 e. The largest absolute Gasteiger partial charge is 0.488 e. The Morgan fingerprint density at radius 2 is 1.77 bits per heavy atom. The van der Waals surface area contributed by atoms with Gasteiger partial charge in [-0.3, -0.25) is 0 Å². The Morgan fingerprint density at radius 1 is 1.03 bits per heavy atom. The Hall–Kier alpha value is -3.75. The standard InChI is InChI=1S/C26H22F4N2O3/c1-2-34-25(33)22-12-13-31-24(32-22)20-5-3-4-19(20)21-14-17(26(28,29)30)8-11-23(21)35-15-16-6-9-18(27)10-7-16/h6-14H,2-5,15H2,1H3. The second-order valence-corrected chi connectivity index (χ2v) is 7.92. The summed E-state index contributed by atoms with van der Waals surface area (Å²) >= 11 is 0. The number of allylic oxidation sites excluding steroid dienone is 2. The van der Waals surface area contributed by atoms with Gasteiger partial charge < -0.3 is 9.47 Å². The molecule has 1 aliphatic rings. The van der Waals surface area contributed by atoms with E-state index in [1.807, 2.05) is 0 Å². The molecule has 182 valence electrons. The van der Waals surface area contributed by atoms with Crippen LogP contribution in [0.1, 0.15) is 59.2 Å². The van der Waals surface area contributed by atoms with Gasteiger partial charge in [-0.1, -0.05) is 12.1 Å². The van der Waals surface area contributed by atoms with Crippen LogP contribution in [0.5, 0.6) is 5.75 Å². The van der Waals surface area contributed by atoms with Crippen molar-refractivity contribution in [3.05, 3.63) is 88.8 Å². The molecule has 0 fully saturated rings. The van der Waals surface area contributed by atoms with Gasteiger partial charge in [0.25, 0.3) is 0 Å². The molecule has 0 spiro atoms. The molecule has 1 aliphatic carbocycles. The highest BCUT2D eigenvalue weighted by Crippen LogP contribution is 2.44. The Morgan fingerprint density at radius 3 is 2.49 bits per heavy atom. The van der Waals surface area contributed by atoms with Gasteiger partial charge in [-0.25, -0.2) is 19.2 Å². The third-order valence-corrected chi connectivity index (χ3v) is 5.57. The van der Waals surface area contributed by atoms with E-state index >= 15 is 0 Å². The number of ether oxygens (including phenoxy) is 2. The number of alkyl halides is 3. The van der Waals surface area contributed by atoms with E-state index in [4.69, 9.17) is 9.47 Å². The van der Waals surface area contributed by atoms with Crippen LogP contribution in [0.3, 0.4) is 0 Å². The summed E-state index contributed by atoms with van der Waals surface area (Å²) in [5, 5.41) is 0. The lowest BCUT2D eigenvalue weighted by molar-refractivity contribution is -0.137. The molecule has 0 saturated heterocycles. The highest BCUT2D eigenvalue weighted by Gasteiger charge is 2.32. The van der Waals surface area contributed by atoms with Crippen molar-refractivity contribution in [2.45, 2.75) is 39.0 Å². The average molecular weight is 486 g/mol. The summed E-state index contributed by atoms with van der Waals surface area (Å²) in [7, 11) is 0. The zero-order valence-corrected chi connectivity index (χ0v) is 18.9. The zero-order chi connectivity index (χ0) is 25.0. The number of carbonyl (C=O) groups is 1. The number of aromatic nitrogens is 2.